The summed E-state index contributed by atoms with van der Waals surface area (Å²) < 4.78 is 5.25. The summed E-state index contributed by atoms with van der Waals surface area (Å²) in [5, 5.41) is 11.7. The van der Waals surface area contributed by atoms with Gasteiger partial charge in [-0.25, -0.2) is 19.6 Å². The van der Waals surface area contributed by atoms with E-state index in [1.165, 1.54) is 12.4 Å². The summed E-state index contributed by atoms with van der Waals surface area (Å²) in [6.07, 6.45) is 4.34. The van der Waals surface area contributed by atoms with Crippen molar-refractivity contribution >= 4 is 12.1 Å². The average molecular weight is 293 g/mol. The quantitative estimate of drug-likeness (QED) is 0.884. The number of carboxylic acids is 1. The smallest absolute Gasteiger partial charge is 0.408 e. The molecule has 114 valence electrons. The molecule has 0 saturated heterocycles. The highest BCUT2D eigenvalue weighted by atomic mass is 16.6. The zero-order valence-electron chi connectivity index (χ0n) is 12.3. The van der Waals surface area contributed by atoms with Crippen molar-refractivity contribution in [1.29, 1.82) is 0 Å². The molecule has 0 aromatic carbocycles. The average Bonchev–Trinajstić information content (AvgIpc) is 2.32. The monoisotopic (exact) mass is 293 g/mol. The standard InChI is InChI=1S/C14H19N3O4/c1-13(2,3)21-12(20)17-14(5-4-6-14)11-15-7-9(8-16-11)10(18)19/h7-8H,4-6H2,1-3H3,(H,17,20)(H,18,19). The summed E-state index contributed by atoms with van der Waals surface area (Å²) in [5.74, 6) is -0.658. The molecule has 7 nitrogen and oxygen atoms in total. The Morgan fingerprint density at radius 3 is 2.24 bits per heavy atom. The van der Waals surface area contributed by atoms with Crippen LogP contribution in [0.4, 0.5) is 4.79 Å². The number of carboxylic acid groups (broad SMARTS) is 1. The maximum absolute atomic E-state index is 11.9. The number of aromatic nitrogens is 2. The molecule has 2 rings (SSSR count). The Bertz CT molecular complexity index is 544. The summed E-state index contributed by atoms with van der Waals surface area (Å²) >= 11 is 0. The van der Waals surface area contributed by atoms with E-state index in [0.29, 0.717) is 18.7 Å². The molecule has 0 radical (unpaired) electrons. The van der Waals surface area contributed by atoms with Gasteiger partial charge in [-0.15, -0.1) is 0 Å². The van der Waals surface area contributed by atoms with Crippen LogP contribution in [0.15, 0.2) is 12.4 Å². The van der Waals surface area contributed by atoms with E-state index in [1.807, 2.05) is 0 Å². The van der Waals surface area contributed by atoms with E-state index in [4.69, 9.17) is 9.84 Å². The fourth-order valence-electron chi connectivity index (χ4n) is 2.12. The number of ether oxygens (including phenoxy) is 1. The van der Waals surface area contributed by atoms with Gasteiger partial charge in [0.2, 0.25) is 0 Å². The fraction of sp³-hybridized carbons (Fsp3) is 0.571. The number of nitrogens with one attached hydrogen (secondary N) is 1. The number of hydrogen-bond acceptors (Lipinski definition) is 5. The predicted molar refractivity (Wildman–Crippen MR) is 73.9 cm³/mol. The van der Waals surface area contributed by atoms with Crippen LogP contribution in [0.25, 0.3) is 0 Å². The molecule has 0 bridgehead atoms. The van der Waals surface area contributed by atoms with Gasteiger partial charge in [-0.2, -0.15) is 0 Å². The van der Waals surface area contributed by atoms with Crippen molar-refractivity contribution in [3.63, 3.8) is 0 Å². The molecule has 1 aromatic heterocycles. The lowest BCUT2D eigenvalue weighted by atomic mass is 9.76. The Labute approximate surface area is 122 Å². The number of amides is 1. The molecule has 0 atom stereocenters. The lowest BCUT2D eigenvalue weighted by Crippen LogP contribution is -2.53. The van der Waals surface area contributed by atoms with Crippen molar-refractivity contribution in [3.05, 3.63) is 23.8 Å². The van der Waals surface area contributed by atoms with Crippen molar-refractivity contribution in [3.8, 4) is 0 Å². The van der Waals surface area contributed by atoms with Gasteiger partial charge in [0.25, 0.3) is 0 Å². The second-order valence-electron chi connectivity index (χ2n) is 6.16. The predicted octanol–water partition coefficient (Wildman–Crippen LogP) is 2.08. The van der Waals surface area contributed by atoms with Gasteiger partial charge in [-0.05, 0) is 40.0 Å². The largest absolute Gasteiger partial charge is 0.478 e. The van der Waals surface area contributed by atoms with Gasteiger partial charge >= 0.3 is 12.1 Å². The van der Waals surface area contributed by atoms with E-state index in [2.05, 4.69) is 15.3 Å². The minimum Gasteiger partial charge on any atom is -0.478 e. The van der Waals surface area contributed by atoms with Crippen LogP contribution in [0.3, 0.4) is 0 Å². The number of hydrogen-bond donors (Lipinski definition) is 2. The molecule has 7 heteroatoms. The van der Waals surface area contributed by atoms with Gasteiger partial charge in [-0.3, -0.25) is 0 Å². The highest BCUT2D eigenvalue weighted by Crippen LogP contribution is 2.39. The molecular weight excluding hydrogens is 274 g/mol. The van der Waals surface area contributed by atoms with E-state index in [9.17, 15) is 9.59 Å². The number of nitrogens with zero attached hydrogens (tertiary/aromatic N) is 2. The van der Waals surface area contributed by atoms with E-state index >= 15 is 0 Å². The normalized spacial score (nSPS) is 16.7. The Hall–Kier alpha value is -2.18. The first-order valence-electron chi connectivity index (χ1n) is 6.79. The van der Waals surface area contributed by atoms with E-state index in [0.717, 1.165) is 6.42 Å². The van der Waals surface area contributed by atoms with E-state index in [-0.39, 0.29) is 5.56 Å². The van der Waals surface area contributed by atoms with Crippen molar-refractivity contribution in [2.75, 3.05) is 0 Å². The van der Waals surface area contributed by atoms with E-state index < -0.39 is 23.2 Å². The van der Waals surface area contributed by atoms with Crippen LogP contribution in [0, 0.1) is 0 Å². The number of carbonyl (C=O) groups is 2. The summed E-state index contributed by atoms with van der Waals surface area (Å²) in [6, 6.07) is 0. The summed E-state index contributed by atoms with van der Waals surface area (Å²) in [4.78, 5) is 30.9. The molecule has 1 fully saturated rings. The maximum Gasteiger partial charge on any atom is 0.408 e. The molecule has 0 spiro atoms. The van der Waals surface area contributed by atoms with Crippen LogP contribution < -0.4 is 5.32 Å². The van der Waals surface area contributed by atoms with E-state index in [1.54, 1.807) is 20.8 Å². The third-order valence-electron chi connectivity index (χ3n) is 3.27. The van der Waals surface area contributed by atoms with Gasteiger partial charge in [0.15, 0.2) is 5.82 Å². The van der Waals surface area contributed by atoms with Crippen LogP contribution in [-0.2, 0) is 10.3 Å². The number of rotatable bonds is 3. The van der Waals surface area contributed by atoms with Gasteiger partial charge in [0, 0.05) is 12.4 Å². The molecule has 21 heavy (non-hydrogen) atoms. The first-order chi connectivity index (χ1) is 9.72. The third-order valence-corrected chi connectivity index (χ3v) is 3.27. The minimum absolute atomic E-state index is 0.0190. The van der Waals surface area contributed by atoms with Crippen LogP contribution in [0.5, 0.6) is 0 Å². The first kappa shape index (κ1) is 15.2. The van der Waals surface area contributed by atoms with Gasteiger partial charge in [0.1, 0.15) is 11.1 Å². The van der Waals surface area contributed by atoms with Crippen LogP contribution >= 0.6 is 0 Å². The van der Waals surface area contributed by atoms with Crippen molar-refractivity contribution in [1.82, 2.24) is 15.3 Å². The Morgan fingerprint density at radius 2 is 1.86 bits per heavy atom. The van der Waals surface area contributed by atoms with Crippen molar-refractivity contribution in [2.45, 2.75) is 51.2 Å². The zero-order chi connectivity index (χ0) is 15.7. The first-order valence-corrected chi connectivity index (χ1v) is 6.79. The Balaban J connectivity index is 2.14. The second-order valence-corrected chi connectivity index (χ2v) is 6.16. The summed E-state index contributed by atoms with van der Waals surface area (Å²) in [6.45, 7) is 5.37. The third kappa shape index (κ3) is 3.48. The zero-order valence-corrected chi connectivity index (χ0v) is 12.3. The molecule has 1 aliphatic carbocycles. The number of aromatic carboxylic acids is 1. The lowest BCUT2D eigenvalue weighted by Gasteiger charge is -2.41. The number of alkyl carbamates (subject to hydrolysis) is 1. The molecule has 1 aromatic rings. The number of carbonyl (C=O) groups excluding carboxylic acids is 1. The molecule has 1 saturated carbocycles. The van der Waals surface area contributed by atoms with Crippen LogP contribution in [0.1, 0.15) is 56.2 Å². The minimum atomic E-state index is -1.08. The highest BCUT2D eigenvalue weighted by molar-refractivity contribution is 5.86. The van der Waals surface area contributed by atoms with Gasteiger partial charge < -0.3 is 15.2 Å². The molecule has 1 amide bonds. The summed E-state index contributed by atoms with van der Waals surface area (Å²) in [5.41, 5.74) is -1.21. The molecule has 2 N–H and O–H groups in total. The van der Waals surface area contributed by atoms with Crippen LogP contribution in [-0.4, -0.2) is 32.7 Å². The molecular formula is C14H19N3O4. The lowest BCUT2D eigenvalue weighted by molar-refractivity contribution is 0.0363. The van der Waals surface area contributed by atoms with Gasteiger partial charge in [-0.1, -0.05) is 0 Å². The molecule has 1 heterocycles. The summed E-state index contributed by atoms with van der Waals surface area (Å²) in [7, 11) is 0. The maximum atomic E-state index is 11.9. The topological polar surface area (TPSA) is 101 Å². The molecule has 0 unspecified atom stereocenters. The van der Waals surface area contributed by atoms with Gasteiger partial charge in [0.05, 0.1) is 5.56 Å². The molecule has 0 aliphatic heterocycles. The Kier molecular flexibility index (Phi) is 3.85. The second kappa shape index (κ2) is 5.31. The Morgan fingerprint density at radius 1 is 1.29 bits per heavy atom. The highest BCUT2D eigenvalue weighted by Gasteiger charge is 2.43. The fourth-order valence-corrected chi connectivity index (χ4v) is 2.12. The molecule has 1 aliphatic rings. The van der Waals surface area contributed by atoms with Crippen molar-refractivity contribution < 1.29 is 19.4 Å². The van der Waals surface area contributed by atoms with Crippen molar-refractivity contribution in [2.24, 2.45) is 0 Å². The van der Waals surface area contributed by atoms with Crippen LogP contribution in [0.2, 0.25) is 0 Å². The SMILES string of the molecule is CC(C)(C)OC(=O)NC1(c2ncc(C(=O)O)cn2)CCC1.